The summed E-state index contributed by atoms with van der Waals surface area (Å²) in [7, 11) is 0. The third kappa shape index (κ3) is 5.97. The molecule has 33 heavy (non-hydrogen) atoms. The number of nitrogens with zero attached hydrogens (tertiary/aromatic N) is 2. The summed E-state index contributed by atoms with van der Waals surface area (Å²) in [5, 5.41) is 3.90. The third-order valence-electron chi connectivity index (χ3n) is 5.37. The van der Waals surface area contributed by atoms with Gasteiger partial charge in [0.2, 0.25) is 0 Å². The van der Waals surface area contributed by atoms with Gasteiger partial charge in [0.1, 0.15) is 5.75 Å². The number of carbonyl (C=O) groups is 2. The Labute approximate surface area is 202 Å². The van der Waals surface area contributed by atoms with E-state index in [1.54, 1.807) is 48.5 Å². The van der Waals surface area contributed by atoms with E-state index in [9.17, 15) is 9.59 Å². The second kappa shape index (κ2) is 10.6. The van der Waals surface area contributed by atoms with Crippen LogP contribution in [0.3, 0.4) is 0 Å². The predicted octanol–water partition coefficient (Wildman–Crippen LogP) is 4.97. The topological polar surface area (TPSA) is 61.9 Å². The van der Waals surface area contributed by atoms with Gasteiger partial charge in [-0.05, 0) is 60.7 Å². The van der Waals surface area contributed by atoms with E-state index in [1.807, 2.05) is 29.2 Å². The SMILES string of the molecule is O=C(COc1ccccc1Cl)Nc1ccc(N2CCN(C(=O)c3ccc(Cl)cc3)CC2)cc1. The van der Waals surface area contributed by atoms with Crippen LogP contribution in [0.15, 0.2) is 72.8 Å². The second-order valence-corrected chi connectivity index (χ2v) is 8.44. The first-order valence-electron chi connectivity index (χ1n) is 10.6. The maximum atomic E-state index is 12.7. The summed E-state index contributed by atoms with van der Waals surface area (Å²) < 4.78 is 5.47. The number of benzene rings is 3. The molecule has 1 saturated heterocycles. The standard InChI is InChI=1S/C25H23Cl2N3O3/c26-19-7-5-18(6-8-19)25(32)30-15-13-29(14-16-30)21-11-9-20(10-12-21)28-24(31)17-33-23-4-2-1-3-22(23)27/h1-12H,13-17H2,(H,28,31). The Morgan fingerprint density at radius 3 is 2.18 bits per heavy atom. The van der Waals surface area contributed by atoms with Gasteiger partial charge in [-0.3, -0.25) is 9.59 Å². The highest BCUT2D eigenvalue weighted by atomic mass is 35.5. The van der Waals surface area contributed by atoms with E-state index < -0.39 is 0 Å². The molecule has 1 aliphatic heterocycles. The van der Waals surface area contributed by atoms with Crippen molar-refractivity contribution in [2.45, 2.75) is 0 Å². The summed E-state index contributed by atoms with van der Waals surface area (Å²) in [6.07, 6.45) is 0. The highest BCUT2D eigenvalue weighted by molar-refractivity contribution is 6.32. The summed E-state index contributed by atoms with van der Waals surface area (Å²) in [6, 6.07) is 21.6. The molecule has 0 saturated carbocycles. The number of rotatable bonds is 6. The number of nitrogens with one attached hydrogen (secondary N) is 1. The quantitative estimate of drug-likeness (QED) is 0.537. The van der Waals surface area contributed by atoms with E-state index in [-0.39, 0.29) is 18.4 Å². The Morgan fingerprint density at radius 2 is 1.52 bits per heavy atom. The predicted molar refractivity (Wildman–Crippen MR) is 132 cm³/mol. The molecule has 1 fully saturated rings. The van der Waals surface area contributed by atoms with E-state index in [2.05, 4.69) is 10.2 Å². The fourth-order valence-corrected chi connectivity index (χ4v) is 3.92. The summed E-state index contributed by atoms with van der Waals surface area (Å²) in [5.74, 6) is 0.221. The van der Waals surface area contributed by atoms with Gasteiger partial charge in [0, 0.05) is 48.1 Å². The van der Waals surface area contributed by atoms with Crippen molar-refractivity contribution in [2.75, 3.05) is 43.0 Å². The van der Waals surface area contributed by atoms with E-state index in [1.165, 1.54) is 0 Å². The lowest BCUT2D eigenvalue weighted by Crippen LogP contribution is -2.48. The molecule has 1 aliphatic rings. The van der Waals surface area contributed by atoms with Gasteiger partial charge in [-0.15, -0.1) is 0 Å². The van der Waals surface area contributed by atoms with Crippen molar-refractivity contribution in [3.63, 3.8) is 0 Å². The summed E-state index contributed by atoms with van der Waals surface area (Å²) in [5.41, 5.74) is 2.37. The second-order valence-electron chi connectivity index (χ2n) is 7.60. The summed E-state index contributed by atoms with van der Waals surface area (Å²) >= 11 is 11.9. The van der Waals surface area contributed by atoms with Crippen LogP contribution in [0.5, 0.6) is 5.75 Å². The van der Waals surface area contributed by atoms with Gasteiger partial charge in [-0.25, -0.2) is 0 Å². The van der Waals surface area contributed by atoms with Crippen LogP contribution in [0.4, 0.5) is 11.4 Å². The maximum absolute atomic E-state index is 12.7. The average molecular weight is 484 g/mol. The van der Waals surface area contributed by atoms with Crippen LogP contribution in [0.2, 0.25) is 10.0 Å². The zero-order valence-electron chi connectivity index (χ0n) is 17.8. The first-order valence-corrected chi connectivity index (χ1v) is 11.3. The lowest BCUT2D eigenvalue weighted by molar-refractivity contribution is -0.118. The summed E-state index contributed by atoms with van der Waals surface area (Å²) in [6.45, 7) is 2.61. The van der Waals surface area contributed by atoms with E-state index in [0.717, 1.165) is 18.8 Å². The molecule has 0 aliphatic carbocycles. The van der Waals surface area contributed by atoms with Crippen LogP contribution in [0, 0.1) is 0 Å². The number of piperazine rings is 1. The molecule has 8 heteroatoms. The number of amides is 2. The molecule has 0 radical (unpaired) electrons. The molecule has 170 valence electrons. The Morgan fingerprint density at radius 1 is 0.848 bits per heavy atom. The normalized spacial score (nSPS) is 13.5. The lowest BCUT2D eigenvalue weighted by Gasteiger charge is -2.36. The molecule has 1 N–H and O–H groups in total. The number of carbonyl (C=O) groups excluding carboxylic acids is 2. The van der Waals surface area contributed by atoms with Gasteiger partial charge in [0.25, 0.3) is 11.8 Å². The highest BCUT2D eigenvalue weighted by Gasteiger charge is 2.22. The molecule has 4 rings (SSSR count). The molecular weight excluding hydrogens is 461 g/mol. The highest BCUT2D eigenvalue weighted by Crippen LogP contribution is 2.23. The molecule has 0 atom stereocenters. The average Bonchev–Trinajstić information content (AvgIpc) is 2.84. The molecule has 0 bridgehead atoms. The number of para-hydroxylation sites is 1. The van der Waals surface area contributed by atoms with Crippen molar-refractivity contribution in [3.8, 4) is 5.75 Å². The van der Waals surface area contributed by atoms with Crippen molar-refractivity contribution in [3.05, 3.63) is 88.4 Å². The van der Waals surface area contributed by atoms with E-state index in [4.69, 9.17) is 27.9 Å². The van der Waals surface area contributed by atoms with Crippen LogP contribution in [-0.2, 0) is 4.79 Å². The third-order valence-corrected chi connectivity index (χ3v) is 5.93. The number of halogens is 2. The number of anilines is 2. The van der Waals surface area contributed by atoms with Gasteiger partial charge >= 0.3 is 0 Å². The van der Waals surface area contributed by atoms with E-state index >= 15 is 0 Å². The van der Waals surface area contributed by atoms with Crippen molar-refractivity contribution < 1.29 is 14.3 Å². The van der Waals surface area contributed by atoms with Crippen molar-refractivity contribution in [1.82, 2.24) is 4.90 Å². The zero-order valence-corrected chi connectivity index (χ0v) is 19.4. The molecule has 0 unspecified atom stereocenters. The maximum Gasteiger partial charge on any atom is 0.262 e. The number of ether oxygens (including phenoxy) is 1. The minimum atomic E-state index is -0.267. The Hall–Kier alpha value is -3.22. The Kier molecular flexibility index (Phi) is 7.37. The van der Waals surface area contributed by atoms with Crippen LogP contribution in [0.25, 0.3) is 0 Å². The first kappa shape index (κ1) is 23.0. The molecule has 2 amide bonds. The number of hydrogen-bond donors (Lipinski definition) is 1. The van der Waals surface area contributed by atoms with Gasteiger partial charge in [-0.2, -0.15) is 0 Å². The summed E-state index contributed by atoms with van der Waals surface area (Å²) in [4.78, 5) is 28.9. The molecule has 0 aromatic heterocycles. The van der Waals surface area contributed by atoms with Crippen LogP contribution < -0.4 is 15.0 Å². The molecule has 6 nitrogen and oxygen atoms in total. The fourth-order valence-electron chi connectivity index (χ4n) is 3.60. The number of hydrogen-bond acceptors (Lipinski definition) is 4. The largest absolute Gasteiger partial charge is 0.482 e. The Balaban J connectivity index is 1.26. The minimum Gasteiger partial charge on any atom is -0.482 e. The molecule has 3 aromatic carbocycles. The molecular formula is C25H23Cl2N3O3. The Bertz CT molecular complexity index is 1110. The van der Waals surface area contributed by atoms with Crippen LogP contribution in [-0.4, -0.2) is 49.5 Å². The molecule has 0 spiro atoms. The zero-order chi connectivity index (χ0) is 23.2. The van der Waals surface area contributed by atoms with Gasteiger partial charge in [-0.1, -0.05) is 35.3 Å². The van der Waals surface area contributed by atoms with Crippen molar-refractivity contribution in [1.29, 1.82) is 0 Å². The van der Waals surface area contributed by atoms with Gasteiger partial charge in [0.15, 0.2) is 6.61 Å². The van der Waals surface area contributed by atoms with E-state index in [0.29, 0.717) is 40.1 Å². The molecule has 3 aromatic rings. The van der Waals surface area contributed by atoms with Crippen LogP contribution >= 0.6 is 23.2 Å². The van der Waals surface area contributed by atoms with Crippen LogP contribution in [0.1, 0.15) is 10.4 Å². The van der Waals surface area contributed by atoms with Gasteiger partial charge < -0.3 is 19.9 Å². The minimum absolute atomic E-state index is 0.0170. The molecule has 1 heterocycles. The van der Waals surface area contributed by atoms with Crippen molar-refractivity contribution >= 4 is 46.4 Å². The van der Waals surface area contributed by atoms with Crippen molar-refractivity contribution in [2.24, 2.45) is 0 Å². The smallest absolute Gasteiger partial charge is 0.262 e. The first-order chi connectivity index (χ1) is 16.0. The van der Waals surface area contributed by atoms with Gasteiger partial charge in [0.05, 0.1) is 5.02 Å². The lowest BCUT2D eigenvalue weighted by atomic mass is 10.1. The fraction of sp³-hybridized carbons (Fsp3) is 0.200. The monoisotopic (exact) mass is 483 g/mol.